The number of esters is 1. The second-order valence-electron chi connectivity index (χ2n) is 5.55. The summed E-state index contributed by atoms with van der Waals surface area (Å²) in [4.78, 5) is 10.8. The number of para-hydroxylation sites is 1. The largest absolute Gasteiger partial charge is 0.491 e. The second-order valence-corrected chi connectivity index (χ2v) is 5.55. The van der Waals surface area contributed by atoms with Gasteiger partial charge in [-0.15, -0.1) is 0 Å². The van der Waals surface area contributed by atoms with E-state index in [1.54, 1.807) is 0 Å². The topological polar surface area (TPSA) is 81.7 Å². The molecule has 0 bridgehead atoms. The Bertz CT molecular complexity index is 469. The van der Waals surface area contributed by atoms with Gasteiger partial charge in [-0.1, -0.05) is 18.2 Å². The predicted molar refractivity (Wildman–Crippen MR) is 103 cm³/mol. The fourth-order valence-electron chi connectivity index (χ4n) is 1.97. The van der Waals surface area contributed by atoms with Crippen LogP contribution in [0.4, 0.5) is 0 Å². The molecule has 0 aliphatic rings. The first-order valence-corrected chi connectivity index (χ1v) is 9.46. The number of hydrogen-bond donors (Lipinski definition) is 0. The van der Waals surface area contributed by atoms with Crippen molar-refractivity contribution in [2.45, 2.75) is 6.42 Å². The van der Waals surface area contributed by atoms with Gasteiger partial charge in [0.25, 0.3) is 0 Å². The van der Waals surface area contributed by atoms with E-state index in [0.29, 0.717) is 72.7 Å². The smallest absolute Gasteiger partial charge is 0.307 e. The molecule has 1 aromatic rings. The molecule has 0 aliphatic carbocycles. The van der Waals surface area contributed by atoms with Crippen molar-refractivity contribution in [2.75, 3.05) is 79.8 Å². The predicted octanol–water partition coefficient (Wildman–Crippen LogP) is 1.71. The third-order valence-electron chi connectivity index (χ3n) is 3.41. The first-order valence-electron chi connectivity index (χ1n) is 9.46. The Morgan fingerprint density at radius 2 is 1.07 bits per heavy atom. The summed E-state index contributed by atoms with van der Waals surface area (Å²) < 4.78 is 36.8. The molecule has 0 heterocycles. The molecule has 160 valence electrons. The van der Waals surface area contributed by atoms with Gasteiger partial charge in [-0.05, 0) is 12.1 Å². The normalized spacial score (nSPS) is 10.8. The molecule has 0 radical (unpaired) electrons. The highest BCUT2D eigenvalue weighted by molar-refractivity contribution is 5.69. The van der Waals surface area contributed by atoms with E-state index in [0.717, 1.165) is 5.75 Å². The van der Waals surface area contributed by atoms with Crippen LogP contribution >= 0.6 is 0 Å². The molecule has 8 nitrogen and oxygen atoms in total. The molecule has 0 fully saturated rings. The summed E-state index contributed by atoms with van der Waals surface area (Å²) in [7, 11) is 1.36. The van der Waals surface area contributed by atoms with Gasteiger partial charge >= 0.3 is 5.97 Å². The van der Waals surface area contributed by atoms with E-state index < -0.39 is 0 Å². The van der Waals surface area contributed by atoms with Gasteiger partial charge in [0.1, 0.15) is 12.4 Å². The molecule has 0 aromatic heterocycles. The molecule has 0 saturated heterocycles. The average molecular weight is 400 g/mol. The Morgan fingerprint density at radius 3 is 1.54 bits per heavy atom. The minimum Gasteiger partial charge on any atom is -0.491 e. The maximum Gasteiger partial charge on any atom is 0.307 e. The standard InChI is InChI=1S/C20H32O8/c1-22-20(21)7-8-23-9-10-24-11-12-25-13-14-26-15-16-27-17-18-28-19-5-3-2-4-6-19/h2-6H,7-18H2,1H3. The van der Waals surface area contributed by atoms with E-state index >= 15 is 0 Å². The fourth-order valence-corrected chi connectivity index (χ4v) is 1.97. The van der Waals surface area contributed by atoms with Gasteiger partial charge in [0.15, 0.2) is 0 Å². The lowest BCUT2D eigenvalue weighted by molar-refractivity contribution is -0.141. The van der Waals surface area contributed by atoms with Crippen molar-refractivity contribution in [3.8, 4) is 5.75 Å². The monoisotopic (exact) mass is 400 g/mol. The Balaban J connectivity index is 1.69. The van der Waals surface area contributed by atoms with Crippen molar-refractivity contribution in [3.63, 3.8) is 0 Å². The molecule has 28 heavy (non-hydrogen) atoms. The SMILES string of the molecule is COC(=O)CCOCCOCCOCCOCCOCCOc1ccccc1. The number of hydrogen-bond acceptors (Lipinski definition) is 8. The van der Waals surface area contributed by atoms with Crippen LogP contribution in [0.25, 0.3) is 0 Å². The zero-order chi connectivity index (χ0) is 20.1. The molecule has 8 heteroatoms. The van der Waals surface area contributed by atoms with Crippen molar-refractivity contribution >= 4 is 5.97 Å². The minimum absolute atomic E-state index is 0.256. The Morgan fingerprint density at radius 1 is 0.643 bits per heavy atom. The van der Waals surface area contributed by atoms with E-state index in [2.05, 4.69) is 4.74 Å². The van der Waals surface area contributed by atoms with Crippen LogP contribution < -0.4 is 4.74 Å². The van der Waals surface area contributed by atoms with E-state index in [1.807, 2.05) is 30.3 Å². The number of ether oxygens (including phenoxy) is 7. The molecule has 1 aromatic carbocycles. The van der Waals surface area contributed by atoms with Crippen LogP contribution in [0.2, 0.25) is 0 Å². The number of benzene rings is 1. The van der Waals surface area contributed by atoms with Crippen LogP contribution in [0.1, 0.15) is 6.42 Å². The number of rotatable bonds is 19. The molecule has 0 unspecified atom stereocenters. The molecule has 0 atom stereocenters. The molecular formula is C20H32O8. The third kappa shape index (κ3) is 15.4. The number of carbonyl (C=O) groups excluding carboxylic acids is 1. The lowest BCUT2D eigenvalue weighted by Gasteiger charge is -2.08. The van der Waals surface area contributed by atoms with Crippen LogP contribution in [-0.4, -0.2) is 85.8 Å². The van der Waals surface area contributed by atoms with Crippen molar-refractivity contribution < 1.29 is 38.0 Å². The maximum absolute atomic E-state index is 10.8. The highest BCUT2D eigenvalue weighted by Crippen LogP contribution is 2.07. The first kappa shape index (κ1) is 24.3. The summed E-state index contributed by atoms with van der Waals surface area (Å²) >= 11 is 0. The van der Waals surface area contributed by atoms with Gasteiger partial charge in [-0.25, -0.2) is 0 Å². The van der Waals surface area contributed by atoms with Crippen LogP contribution in [0.5, 0.6) is 5.75 Å². The van der Waals surface area contributed by atoms with Gasteiger partial charge in [0, 0.05) is 0 Å². The quantitative estimate of drug-likeness (QED) is 0.256. The van der Waals surface area contributed by atoms with Gasteiger partial charge in [-0.2, -0.15) is 0 Å². The van der Waals surface area contributed by atoms with Gasteiger partial charge in [0.2, 0.25) is 0 Å². The van der Waals surface area contributed by atoms with Gasteiger partial charge in [-0.3, -0.25) is 4.79 Å². The third-order valence-corrected chi connectivity index (χ3v) is 3.41. The highest BCUT2D eigenvalue weighted by atomic mass is 16.6. The number of methoxy groups -OCH3 is 1. The molecule has 0 spiro atoms. The summed E-state index contributed by atoms with van der Waals surface area (Å²) in [6.45, 7) is 5.35. The zero-order valence-electron chi connectivity index (χ0n) is 16.6. The molecule has 0 N–H and O–H groups in total. The molecule has 0 amide bonds. The lowest BCUT2D eigenvalue weighted by Crippen LogP contribution is -2.14. The van der Waals surface area contributed by atoms with Crippen molar-refractivity contribution in [2.24, 2.45) is 0 Å². The Labute approximate surface area is 166 Å². The van der Waals surface area contributed by atoms with Crippen molar-refractivity contribution in [3.05, 3.63) is 30.3 Å². The van der Waals surface area contributed by atoms with E-state index in [4.69, 9.17) is 28.4 Å². The van der Waals surface area contributed by atoms with Crippen LogP contribution in [0, 0.1) is 0 Å². The number of carbonyl (C=O) groups is 1. The summed E-state index contributed by atoms with van der Waals surface area (Å²) in [5.74, 6) is 0.565. The minimum atomic E-state index is -0.278. The zero-order valence-corrected chi connectivity index (χ0v) is 16.6. The second kappa shape index (κ2) is 18.6. The lowest BCUT2D eigenvalue weighted by atomic mass is 10.3. The summed E-state index contributed by atoms with van der Waals surface area (Å²) in [5.41, 5.74) is 0. The van der Waals surface area contributed by atoms with Gasteiger partial charge in [0.05, 0.1) is 79.6 Å². The van der Waals surface area contributed by atoms with Crippen molar-refractivity contribution in [1.82, 2.24) is 0 Å². The molecule has 1 rings (SSSR count). The first-order chi connectivity index (χ1) is 13.8. The molecular weight excluding hydrogens is 368 g/mol. The molecule has 0 aliphatic heterocycles. The Hall–Kier alpha value is -1.71. The Kier molecular flexibility index (Phi) is 16.2. The highest BCUT2D eigenvalue weighted by Gasteiger charge is 1.99. The summed E-state index contributed by atoms with van der Waals surface area (Å²) in [6, 6.07) is 9.64. The van der Waals surface area contributed by atoms with Crippen LogP contribution in [-0.2, 0) is 33.2 Å². The van der Waals surface area contributed by atoms with E-state index in [9.17, 15) is 4.79 Å². The maximum atomic E-state index is 10.8. The van der Waals surface area contributed by atoms with Crippen LogP contribution in [0.15, 0.2) is 30.3 Å². The average Bonchev–Trinajstić information content (AvgIpc) is 2.73. The van der Waals surface area contributed by atoms with Crippen LogP contribution in [0.3, 0.4) is 0 Å². The summed E-state index contributed by atoms with van der Waals surface area (Å²) in [5, 5.41) is 0. The van der Waals surface area contributed by atoms with Gasteiger partial charge < -0.3 is 33.2 Å². The molecule has 0 saturated carbocycles. The van der Waals surface area contributed by atoms with Crippen molar-refractivity contribution in [1.29, 1.82) is 0 Å². The van der Waals surface area contributed by atoms with E-state index in [-0.39, 0.29) is 12.4 Å². The fraction of sp³-hybridized carbons (Fsp3) is 0.650. The van der Waals surface area contributed by atoms with E-state index in [1.165, 1.54) is 7.11 Å². The summed E-state index contributed by atoms with van der Waals surface area (Å²) in [6.07, 6.45) is 0.256.